The van der Waals surface area contributed by atoms with Crippen molar-refractivity contribution in [3.05, 3.63) is 77.6 Å². The van der Waals surface area contributed by atoms with Gasteiger partial charge >= 0.3 is 0 Å². The summed E-state index contributed by atoms with van der Waals surface area (Å²) in [5.41, 5.74) is 3.20. The van der Waals surface area contributed by atoms with E-state index in [-0.39, 0.29) is 23.3 Å². The number of benzene rings is 2. The van der Waals surface area contributed by atoms with E-state index in [1.165, 1.54) is 6.07 Å². The SMILES string of the molecule is O=C(N[C@H]1CCCc2nc(-c3ccccc3)ncc21)c1ccccc1O. The number of carbonyl (C=O) groups is 1. The Hall–Kier alpha value is -3.21. The maximum absolute atomic E-state index is 12.5. The third-order valence-electron chi connectivity index (χ3n) is 4.67. The van der Waals surface area contributed by atoms with Gasteiger partial charge in [-0.2, -0.15) is 0 Å². The molecule has 0 saturated carbocycles. The fraction of sp³-hybridized carbons (Fsp3) is 0.190. The van der Waals surface area contributed by atoms with Crippen molar-refractivity contribution in [3.8, 4) is 17.1 Å². The third kappa shape index (κ3) is 3.16. The predicted molar refractivity (Wildman–Crippen MR) is 98.7 cm³/mol. The Kier molecular flexibility index (Phi) is 4.35. The average Bonchev–Trinajstić information content (AvgIpc) is 2.69. The van der Waals surface area contributed by atoms with Gasteiger partial charge in [-0.3, -0.25) is 4.79 Å². The van der Waals surface area contributed by atoms with Crippen molar-refractivity contribution >= 4 is 5.91 Å². The first-order valence-corrected chi connectivity index (χ1v) is 8.72. The molecule has 1 atom stereocenters. The number of hydrogen-bond acceptors (Lipinski definition) is 4. The van der Waals surface area contributed by atoms with E-state index in [1.54, 1.807) is 18.2 Å². The van der Waals surface area contributed by atoms with E-state index in [1.807, 2.05) is 36.5 Å². The largest absolute Gasteiger partial charge is 0.507 e. The zero-order valence-corrected chi connectivity index (χ0v) is 14.2. The normalized spacial score (nSPS) is 15.9. The van der Waals surface area contributed by atoms with Crippen molar-refractivity contribution < 1.29 is 9.90 Å². The molecule has 1 aromatic heterocycles. The van der Waals surface area contributed by atoms with Crippen molar-refractivity contribution in [2.75, 3.05) is 0 Å². The molecule has 0 radical (unpaired) electrons. The van der Waals surface area contributed by atoms with Crippen LogP contribution >= 0.6 is 0 Å². The Morgan fingerprint density at radius 3 is 2.65 bits per heavy atom. The quantitative estimate of drug-likeness (QED) is 0.760. The van der Waals surface area contributed by atoms with Gasteiger partial charge in [0, 0.05) is 23.0 Å². The van der Waals surface area contributed by atoms with Crippen molar-refractivity contribution in [2.24, 2.45) is 0 Å². The Bertz CT molecular complexity index is 941. The number of para-hydroxylation sites is 1. The van der Waals surface area contributed by atoms with Crippen LogP contribution in [-0.4, -0.2) is 21.0 Å². The number of aromatic hydroxyl groups is 1. The summed E-state index contributed by atoms with van der Waals surface area (Å²) >= 11 is 0. The molecule has 5 heteroatoms. The summed E-state index contributed by atoms with van der Waals surface area (Å²) in [6, 6.07) is 16.3. The van der Waals surface area contributed by atoms with Gasteiger partial charge in [0.25, 0.3) is 5.91 Å². The smallest absolute Gasteiger partial charge is 0.255 e. The van der Waals surface area contributed by atoms with E-state index in [9.17, 15) is 9.90 Å². The number of fused-ring (bicyclic) bond motifs is 1. The molecular weight excluding hydrogens is 326 g/mol. The number of rotatable bonds is 3. The molecule has 0 unspecified atom stereocenters. The molecule has 3 aromatic rings. The third-order valence-corrected chi connectivity index (χ3v) is 4.67. The van der Waals surface area contributed by atoms with Gasteiger partial charge in [0.2, 0.25) is 0 Å². The number of nitrogens with one attached hydrogen (secondary N) is 1. The van der Waals surface area contributed by atoms with Gasteiger partial charge < -0.3 is 10.4 Å². The van der Waals surface area contributed by atoms with Crippen LogP contribution in [0.15, 0.2) is 60.8 Å². The molecule has 130 valence electrons. The molecule has 1 heterocycles. The Morgan fingerprint density at radius 2 is 1.85 bits per heavy atom. The second-order valence-electron chi connectivity index (χ2n) is 6.40. The van der Waals surface area contributed by atoms with Crippen molar-refractivity contribution in [1.82, 2.24) is 15.3 Å². The van der Waals surface area contributed by atoms with Crippen LogP contribution in [0.25, 0.3) is 11.4 Å². The van der Waals surface area contributed by atoms with Crippen LogP contribution in [0.3, 0.4) is 0 Å². The lowest BCUT2D eigenvalue weighted by atomic mass is 9.92. The van der Waals surface area contributed by atoms with Crippen LogP contribution in [0.2, 0.25) is 0 Å². The predicted octanol–water partition coefficient (Wildman–Crippen LogP) is 3.66. The first kappa shape index (κ1) is 16.3. The minimum absolute atomic E-state index is 0.0169. The number of phenolic OH excluding ortho intramolecular Hbond substituents is 1. The molecule has 0 aliphatic heterocycles. The van der Waals surface area contributed by atoms with Crippen molar-refractivity contribution in [2.45, 2.75) is 25.3 Å². The van der Waals surface area contributed by atoms with Gasteiger partial charge in [-0.1, -0.05) is 42.5 Å². The topological polar surface area (TPSA) is 75.1 Å². The number of carbonyl (C=O) groups excluding carboxylic acids is 1. The highest BCUT2D eigenvalue weighted by Gasteiger charge is 2.25. The summed E-state index contributed by atoms with van der Waals surface area (Å²) in [7, 11) is 0. The van der Waals surface area contributed by atoms with Crippen LogP contribution in [0.5, 0.6) is 5.75 Å². The molecule has 1 aliphatic rings. The van der Waals surface area contributed by atoms with Crippen LogP contribution in [0, 0.1) is 0 Å². The summed E-state index contributed by atoms with van der Waals surface area (Å²) < 4.78 is 0. The number of aromatic nitrogens is 2. The van der Waals surface area contributed by atoms with E-state index in [2.05, 4.69) is 10.3 Å². The minimum atomic E-state index is -0.284. The molecule has 0 saturated heterocycles. The standard InChI is InChI=1S/C21H19N3O2/c25-19-12-5-4-9-15(19)21(26)24-18-11-6-10-17-16(18)13-22-20(23-17)14-7-2-1-3-8-14/h1-5,7-9,12-13,18,25H,6,10-11H2,(H,24,26)/t18-/m0/s1. The van der Waals surface area contributed by atoms with E-state index in [0.29, 0.717) is 5.82 Å². The summed E-state index contributed by atoms with van der Waals surface area (Å²) in [6.45, 7) is 0. The van der Waals surface area contributed by atoms with Crippen molar-refractivity contribution in [1.29, 1.82) is 0 Å². The number of phenols is 1. The maximum Gasteiger partial charge on any atom is 0.255 e. The number of amides is 1. The van der Waals surface area contributed by atoms with E-state index >= 15 is 0 Å². The number of nitrogens with zero attached hydrogens (tertiary/aromatic N) is 2. The summed E-state index contributed by atoms with van der Waals surface area (Å²) in [6.07, 6.45) is 4.48. The van der Waals surface area contributed by atoms with Gasteiger partial charge in [0.15, 0.2) is 5.82 Å². The highest BCUT2D eigenvalue weighted by molar-refractivity contribution is 5.97. The van der Waals surface area contributed by atoms with Gasteiger partial charge in [-0.15, -0.1) is 0 Å². The van der Waals surface area contributed by atoms with Gasteiger partial charge in [-0.05, 0) is 31.4 Å². The second kappa shape index (κ2) is 6.96. The van der Waals surface area contributed by atoms with E-state index in [4.69, 9.17) is 4.98 Å². The zero-order chi connectivity index (χ0) is 17.9. The molecule has 0 spiro atoms. The molecular formula is C21H19N3O2. The lowest BCUT2D eigenvalue weighted by molar-refractivity contribution is 0.0930. The number of hydrogen-bond donors (Lipinski definition) is 2. The second-order valence-corrected chi connectivity index (χ2v) is 6.40. The van der Waals surface area contributed by atoms with Crippen LogP contribution in [0.4, 0.5) is 0 Å². The first-order chi connectivity index (χ1) is 12.7. The molecule has 2 aromatic carbocycles. The van der Waals surface area contributed by atoms with Gasteiger partial charge in [-0.25, -0.2) is 9.97 Å². The van der Waals surface area contributed by atoms with Crippen LogP contribution in [0.1, 0.15) is 40.5 Å². The van der Waals surface area contributed by atoms with E-state index < -0.39 is 0 Å². The fourth-order valence-electron chi connectivity index (χ4n) is 3.32. The molecule has 1 amide bonds. The fourth-order valence-corrected chi connectivity index (χ4v) is 3.32. The van der Waals surface area contributed by atoms with Crippen molar-refractivity contribution in [3.63, 3.8) is 0 Å². The molecule has 0 fully saturated rings. The molecule has 4 rings (SSSR count). The summed E-state index contributed by atoms with van der Waals surface area (Å²) in [5, 5.41) is 12.9. The van der Waals surface area contributed by atoms with E-state index in [0.717, 1.165) is 36.1 Å². The number of aryl methyl sites for hydroxylation is 1. The van der Waals surface area contributed by atoms with Gasteiger partial charge in [0.1, 0.15) is 5.75 Å². The first-order valence-electron chi connectivity index (χ1n) is 8.72. The van der Waals surface area contributed by atoms with Crippen LogP contribution < -0.4 is 5.32 Å². The summed E-state index contributed by atoms with van der Waals surface area (Å²) in [4.78, 5) is 21.7. The lowest BCUT2D eigenvalue weighted by Gasteiger charge is -2.25. The summed E-state index contributed by atoms with van der Waals surface area (Å²) in [5.74, 6) is 0.404. The van der Waals surface area contributed by atoms with Crippen LogP contribution in [-0.2, 0) is 6.42 Å². The maximum atomic E-state index is 12.5. The molecule has 2 N–H and O–H groups in total. The Morgan fingerprint density at radius 1 is 1.08 bits per heavy atom. The Labute approximate surface area is 151 Å². The highest BCUT2D eigenvalue weighted by atomic mass is 16.3. The average molecular weight is 345 g/mol. The molecule has 26 heavy (non-hydrogen) atoms. The van der Waals surface area contributed by atoms with Gasteiger partial charge in [0.05, 0.1) is 11.6 Å². The monoisotopic (exact) mass is 345 g/mol. The molecule has 1 aliphatic carbocycles. The minimum Gasteiger partial charge on any atom is -0.507 e. The molecule has 0 bridgehead atoms. The Balaban J connectivity index is 1.60. The highest BCUT2D eigenvalue weighted by Crippen LogP contribution is 2.30. The molecule has 5 nitrogen and oxygen atoms in total. The zero-order valence-electron chi connectivity index (χ0n) is 14.2. The lowest BCUT2D eigenvalue weighted by Crippen LogP contribution is -2.31.